The Morgan fingerprint density at radius 2 is 1.96 bits per heavy atom. The Morgan fingerprint density at radius 1 is 1.18 bits per heavy atom. The van der Waals surface area contributed by atoms with Crippen molar-refractivity contribution in [2.24, 2.45) is 5.10 Å². The van der Waals surface area contributed by atoms with Gasteiger partial charge in [-0.25, -0.2) is 9.67 Å². The molecule has 28 heavy (non-hydrogen) atoms. The van der Waals surface area contributed by atoms with Gasteiger partial charge in [-0.2, -0.15) is 14.9 Å². The lowest BCUT2D eigenvalue weighted by molar-refractivity contribution is -0.385. The van der Waals surface area contributed by atoms with Gasteiger partial charge in [0, 0.05) is 11.6 Å². The Bertz CT molecular complexity index is 1280. The summed E-state index contributed by atoms with van der Waals surface area (Å²) in [5.74, 6) is -0.448. The summed E-state index contributed by atoms with van der Waals surface area (Å²) in [7, 11) is 0. The van der Waals surface area contributed by atoms with Crippen molar-refractivity contribution in [2.75, 3.05) is 0 Å². The Balaban J connectivity index is 1.72. The van der Waals surface area contributed by atoms with Gasteiger partial charge >= 0.3 is 5.69 Å². The van der Waals surface area contributed by atoms with E-state index < -0.39 is 21.9 Å². The number of phenolic OH excluding ortho intramolecular Hbond substituents is 1. The predicted octanol–water partition coefficient (Wildman–Crippen LogP) is 2.08. The molecule has 0 amide bonds. The topological polar surface area (TPSA) is 128 Å². The standard InChI is InChI=1S/C18H12N6O4/c25-16-7-6-12(8-15(16)24(27)28)9-20-22-11-19-17-14(18(22)26)10-21-23(17)13-4-2-1-3-5-13/h1-11,25H/b20-9+. The number of benzene rings is 2. The molecule has 1 N–H and O–H groups in total. The number of para-hydroxylation sites is 1. The Morgan fingerprint density at radius 3 is 2.71 bits per heavy atom. The number of nitrogens with zero attached hydrogens (tertiary/aromatic N) is 6. The highest BCUT2D eigenvalue weighted by molar-refractivity contribution is 5.81. The predicted molar refractivity (Wildman–Crippen MR) is 101 cm³/mol. The molecule has 2 aromatic carbocycles. The molecule has 2 heterocycles. The summed E-state index contributed by atoms with van der Waals surface area (Å²) in [5.41, 5.74) is 0.618. The molecule has 0 aliphatic carbocycles. The van der Waals surface area contributed by atoms with Gasteiger partial charge in [-0.05, 0) is 24.3 Å². The molecule has 0 bridgehead atoms. The van der Waals surface area contributed by atoms with Gasteiger partial charge in [-0.1, -0.05) is 18.2 Å². The first kappa shape index (κ1) is 17.1. The number of hydrogen-bond donors (Lipinski definition) is 1. The summed E-state index contributed by atoms with van der Waals surface area (Å²) in [4.78, 5) is 27.1. The van der Waals surface area contributed by atoms with Crippen LogP contribution in [0.2, 0.25) is 0 Å². The van der Waals surface area contributed by atoms with Crippen molar-refractivity contribution in [2.45, 2.75) is 0 Å². The smallest absolute Gasteiger partial charge is 0.311 e. The molecule has 138 valence electrons. The number of aromatic nitrogens is 4. The Hall–Kier alpha value is -4.34. The van der Waals surface area contributed by atoms with Crippen molar-refractivity contribution in [3.63, 3.8) is 0 Å². The van der Waals surface area contributed by atoms with Crippen LogP contribution in [-0.2, 0) is 0 Å². The number of rotatable bonds is 4. The van der Waals surface area contributed by atoms with Crippen LogP contribution in [0.3, 0.4) is 0 Å². The molecule has 0 spiro atoms. The third kappa shape index (κ3) is 2.98. The highest BCUT2D eigenvalue weighted by Crippen LogP contribution is 2.25. The maximum absolute atomic E-state index is 12.6. The fourth-order valence-corrected chi connectivity index (χ4v) is 2.64. The minimum Gasteiger partial charge on any atom is -0.502 e. The lowest BCUT2D eigenvalue weighted by Crippen LogP contribution is -2.17. The lowest BCUT2D eigenvalue weighted by atomic mass is 10.2. The van der Waals surface area contributed by atoms with Crippen LogP contribution in [0.15, 0.2) is 71.0 Å². The van der Waals surface area contributed by atoms with E-state index in [2.05, 4.69) is 15.2 Å². The Kier molecular flexibility index (Phi) is 4.13. The summed E-state index contributed by atoms with van der Waals surface area (Å²) in [5, 5.41) is 28.9. The molecule has 10 nitrogen and oxygen atoms in total. The summed E-state index contributed by atoms with van der Waals surface area (Å²) >= 11 is 0. The first-order valence-electron chi connectivity index (χ1n) is 8.07. The zero-order chi connectivity index (χ0) is 19.7. The molecular formula is C18H12N6O4. The quantitative estimate of drug-likeness (QED) is 0.330. The minimum absolute atomic E-state index is 0.278. The molecular weight excluding hydrogens is 364 g/mol. The zero-order valence-electron chi connectivity index (χ0n) is 14.2. The van der Waals surface area contributed by atoms with Crippen LogP contribution >= 0.6 is 0 Å². The van der Waals surface area contributed by atoms with E-state index in [1.54, 1.807) is 4.68 Å². The third-order valence-corrected chi connectivity index (χ3v) is 4.00. The van der Waals surface area contributed by atoms with E-state index in [0.29, 0.717) is 11.2 Å². The molecule has 0 saturated carbocycles. The van der Waals surface area contributed by atoms with Gasteiger partial charge in [-0.15, -0.1) is 0 Å². The van der Waals surface area contributed by atoms with E-state index in [-0.39, 0.29) is 5.39 Å². The van der Waals surface area contributed by atoms with Gasteiger partial charge in [0.15, 0.2) is 11.4 Å². The molecule has 0 fully saturated rings. The van der Waals surface area contributed by atoms with E-state index in [0.717, 1.165) is 16.4 Å². The largest absolute Gasteiger partial charge is 0.502 e. The summed E-state index contributed by atoms with van der Waals surface area (Å²) in [6.07, 6.45) is 3.93. The summed E-state index contributed by atoms with van der Waals surface area (Å²) in [6.45, 7) is 0. The van der Waals surface area contributed by atoms with Crippen molar-refractivity contribution >= 4 is 22.9 Å². The fourth-order valence-electron chi connectivity index (χ4n) is 2.64. The van der Waals surface area contributed by atoms with Crippen LogP contribution in [0.5, 0.6) is 5.75 Å². The highest BCUT2D eigenvalue weighted by Gasteiger charge is 2.13. The molecule has 10 heteroatoms. The van der Waals surface area contributed by atoms with Crippen molar-refractivity contribution in [1.29, 1.82) is 0 Å². The van der Waals surface area contributed by atoms with E-state index in [4.69, 9.17) is 0 Å². The van der Waals surface area contributed by atoms with E-state index in [9.17, 15) is 20.0 Å². The monoisotopic (exact) mass is 376 g/mol. The summed E-state index contributed by atoms with van der Waals surface area (Å²) in [6, 6.07) is 13.0. The second-order valence-electron chi connectivity index (χ2n) is 5.77. The summed E-state index contributed by atoms with van der Waals surface area (Å²) < 4.78 is 2.56. The van der Waals surface area contributed by atoms with Gasteiger partial charge < -0.3 is 5.11 Å². The van der Waals surface area contributed by atoms with Crippen molar-refractivity contribution in [1.82, 2.24) is 19.4 Å². The van der Waals surface area contributed by atoms with Crippen molar-refractivity contribution in [3.8, 4) is 11.4 Å². The number of fused-ring (bicyclic) bond motifs is 1. The number of nitro groups is 1. The van der Waals surface area contributed by atoms with Gasteiger partial charge in [0.05, 0.1) is 23.0 Å². The maximum Gasteiger partial charge on any atom is 0.311 e. The number of aromatic hydroxyl groups is 1. The van der Waals surface area contributed by atoms with Crippen LogP contribution in [0, 0.1) is 10.1 Å². The molecule has 4 rings (SSSR count). The van der Waals surface area contributed by atoms with Gasteiger partial charge in [0.2, 0.25) is 0 Å². The molecule has 0 unspecified atom stereocenters. The fraction of sp³-hybridized carbons (Fsp3) is 0. The van der Waals surface area contributed by atoms with Crippen LogP contribution in [-0.4, -0.2) is 35.7 Å². The zero-order valence-corrected chi connectivity index (χ0v) is 14.2. The van der Waals surface area contributed by atoms with E-state index in [1.807, 2.05) is 30.3 Å². The van der Waals surface area contributed by atoms with E-state index in [1.165, 1.54) is 30.9 Å². The van der Waals surface area contributed by atoms with Crippen LogP contribution in [0.4, 0.5) is 5.69 Å². The average Bonchev–Trinajstić information content (AvgIpc) is 3.14. The molecule has 0 radical (unpaired) electrons. The second kappa shape index (κ2) is 6.76. The normalized spacial score (nSPS) is 11.3. The number of phenols is 1. The van der Waals surface area contributed by atoms with Crippen LogP contribution in [0.1, 0.15) is 5.56 Å². The maximum atomic E-state index is 12.6. The number of hydrogen-bond acceptors (Lipinski definition) is 7. The first-order chi connectivity index (χ1) is 13.5. The highest BCUT2D eigenvalue weighted by atomic mass is 16.6. The van der Waals surface area contributed by atoms with Crippen molar-refractivity contribution in [3.05, 3.63) is 87.1 Å². The van der Waals surface area contributed by atoms with E-state index >= 15 is 0 Å². The second-order valence-corrected chi connectivity index (χ2v) is 5.77. The molecule has 4 aromatic rings. The molecule has 0 aliphatic rings. The van der Waals surface area contributed by atoms with Gasteiger partial charge in [0.25, 0.3) is 5.56 Å². The molecule has 2 aromatic heterocycles. The molecule has 0 saturated heterocycles. The van der Waals surface area contributed by atoms with Gasteiger partial charge in [-0.3, -0.25) is 14.9 Å². The van der Waals surface area contributed by atoms with Crippen LogP contribution in [0.25, 0.3) is 16.7 Å². The molecule has 0 atom stereocenters. The SMILES string of the molecule is O=c1c2cnn(-c3ccccc3)c2ncn1/N=C/c1ccc(O)c([N+](=O)[O-])c1. The molecule has 0 aliphatic heterocycles. The Labute approximate surface area is 156 Å². The average molecular weight is 376 g/mol. The number of nitro benzene ring substituents is 1. The third-order valence-electron chi connectivity index (χ3n) is 4.00. The lowest BCUT2D eigenvalue weighted by Gasteiger charge is -2.02. The first-order valence-corrected chi connectivity index (χ1v) is 8.07. The van der Waals surface area contributed by atoms with Crippen LogP contribution < -0.4 is 5.56 Å². The minimum atomic E-state index is -0.704. The van der Waals surface area contributed by atoms with Crippen molar-refractivity contribution < 1.29 is 10.0 Å². The van der Waals surface area contributed by atoms with Gasteiger partial charge in [0.1, 0.15) is 11.7 Å².